The molecule has 3 heteroatoms. The zero-order valence-electron chi connectivity index (χ0n) is 11.6. The molecule has 3 nitrogen and oxygen atoms in total. The van der Waals surface area contributed by atoms with E-state index in [4.69, 9.17) is 0 Å². The average Bonchev–Trinajstić information content (AvgIpc) is 2.73. The Hall–Kier alpha value is -1.77. The van der Waals surface area contributed by atoms with Crippen molar-refractivity contribution >= 4 is 5.69 Å². The minimum atomic E-state index is 0.404. The molecule has 0 unspecified atom stereocenters. The van der Waals surface area contributed by atoms with Crippen LogP contribution in [0.15, 0.2) is 30.6 Å². The highest BCUT2D eigenvalue weighted by molar-refractivity contribution is 5.40. The van der Waals surface area contributed by atoms with Gasteiger partial charge in [-0.2, -0.15) is 5.10 Å². The summed E-state index contributed by atoms with van der Waals surface area (Å²) in [6.45, 7) is 9.36. The summed E-state index contributed by atoms with van der Waals surface area (Å²) in [6, 6.07) is 7.03. The van der Waals surface area contributed by atoms with E-state index in [1.54, 1.807) is 0 Å². The van der Waals surface area contributed by atoms with Crippen LogP contribution in [0.3, 0.4) is 0 Å². The zero-order chi connectivity index (χ0) is 13.1. The van der Waals surface area contributed by atoms with Crippen LogP contribution < -0.4 is 5.32 Å². The summed E-state index contributed by atoms with van der Waals surface area (Å²) in [4.78, 5) is 0. The van der Waals surface area contributed by atoms with Crippen molar-refractivity contribution in [3.8, 4) is 0 Å². The monoisotopic (exact) mass is 243 g/mol. The van der Waals surface area contributed by atoms with Gasteiger partial charge in [-0.1, -0.05) is 29.3 Å². The van der Waals surface area contributed by atoms with Crippen LogP contribution in [0.2, 0.25) is 0 Å². The van der Waals surface area contributed by atoms with Crippen molar-refractivity contribution in [3.05, 3.63) is 47.3 Å². The fourth-order valence-electron chi connectivity index (χ4n) is 2.09. The van der Waals surface area contributed by atoms with E-state index in [0.29, 0.717) is 6.04 Å². The summed E-state index contributed by atoms with van der Waals surface area (Å²) in [6.07, 6.45) is 3.93. The first-order valence-corrected chi connectivity index (χ1v) is 6.40. The molecule has 0 aliphatic carbocycles. The Morgan fingerprint density at radius 1 is 1.17 bits per heavy atom. The van der Waals surface area contributed by atoms with Crippen LogP contribution in [0, 0.1) is 13.8 Å². The van der Waals surface area contributed by atoms with Gasteiger partial charge in [-0.25, -0.2) is 0 Å². The molecule has 0 aliphatic rings. The number of aryl methyl sites for hydroxylation is 2. The van der Waals surface area contributed by atoms with Gasteiger partial charge in [0.05, 0.1) is 11.9 Å². The molecule has 1 aromatic carbocycles. The number of rotatable bonds is 4. The van der Waals surface area contributed by atoms with Gasteiger partial charge in [-0.15, -0.1) is 0 Å². The molecule has 0 saturated heterocycles. The molecule has 18 heavy (non-hydrogen) atoms. The van der Waals surface area contributed by atoms with Gasteiger partial charge in [0.1, 0.15) is 0 Å². The van der Waals surface area contributed by atoms with Crippen molar-refractivity contribution < 1.29 is 0 Å². The van der Waals surface area contributed by atoms with Crippen molar-refractivity contribution in [2.45, 2.75) is 40.3 Å². The van der Waals surface area contributed by atoms with Crippen LogP contribution in [0.5, 0.6) is 0 Å². The maximum atomic E-state index is 4.32. The van der Waals surface area contributed by atoms with Crippen LogP contribution in [0.1, 0.15) is 36.6 Å². The molecule has 96 valence electrons. The second-order valence-corrected chi connectivity index (χ2v) is 5.15. The largest absolute Gasteiger partial charge is 0.378 e. The predicted molar refractivity (Wildman–Crippen MR) is 75.9 cm³/mol. The van der Waals surface area contributed by atoms with Crippen LogP contribution in [-0.4, -0.2) is 9.78 Å². The van der Waals surface area contributed by atoms with Crippen LogP contribution in [0.4, 0.5) is 5.69 Å². The first kappa shape index (κ1) is 12.7. The Morgan fingerprint density at radius 3 is 2.39 bits per heavy atom. The van der Waals surface area contributed by atoms with Crippen molar-refractivity contribution in [2.75, 3.05) is 5.32 Å². The van der Waals surface area contributed by atoms with Crippen molar-refractivity contribution in [3.63, 3.8) is 0 Å². The molecule has 2 rings (SSSR count). The Labute approximate surface area is 109 Å². The summed E-state index contributed by atoms with van der Waals surface area (Å²) < 4.78 is 1.96. The number of hydrogen-bond acceptors (Lipinski definition) is 2. The summed E-state index contributed by atoms with van der Waals surface area (Å²) >= 11 is 0. The minimum absolute atomic E-state index is 0.404. The summed E-state index contributed by atoms with van der Waals surface area (Å²) in [7, 11) is 0. The Kier molecular flexibility index (Phi) is 3.70. The van der Waals surface area contributed by atoms with Gasteiger partial charge in [0, 0.05) is 18.8 Å². The lowest BCUT2D eigenvalue weighted by atomic mass is 10.1. The SMILES string of the molecule is Cc1cc(C)cc(CNc2cnn(C(C)C)c2)c1. The van der Waals surface area contributed by atoms with Gasteiger partial charge in [0.2, 0.25) is 0 Å². The summed E-state index contributed by atoms with van der Waals surface area (Å²) in [5.74, 6) is 0. The van der Waals surface area contributed by atoms with Gasteiger partial charge >= 0.3 is 0 Å². The third-order valence-electron chi connectivity index (χ3n) is 2.91. The van der Waals surface area contributed by atoms with Gasteiger partial charge in [0.15, 0.2) is 0 Å². The van der Waals surface area contributed by atoms with Gasteiger partial charge in [-0.05, 0) is 33.3 Å². The number of benzene rings is 1. The summed E-state index contributed by atoms with van der Waals surface area (Å²) in [5.41, 5.74) is 5.00. The molecule has 1 heterocycles. The number of nitrogens with zero attached hydrogens (tertiary/aromatic N) is 2. The van der Waals surface area contributed by atoms with E-state index in [1.807, 2.05) is 17.1 Å². The van der Waals surface area contributed by atoms with Gasteiger partial charge < -0.3 is 5.32 Å². The lowest BCUT2D eigenvalue weighted by molar-refractivity contribution is 0.532. The molecule has 0 aliphatic heterocycles. The lowest BCUT2D eigenvalue weighted by Crippen LogP contribution is -2.01. The van der Waals surface area contributed by atoms with Crippen LogP contribution in [0.25, 0.3) is 0 Å². The Morgan fingerprint density at radius 2 is 1.83 bits per heavy atom. The molecule has 1 N–H and O–H groups in total. The summed E-state index contributed by atoms with van der Waals surface area (Å²) in [5, 5.41) is 7.72. The topological polar surface area (TPSA) is 29.9 Å². The zero-order valence-corrected chi connectivity index (χ0v) is 11.6. The van der Waals surface area contributed by atoms with Crippen molar-refractivity contribution in [1.29, 1.82) is 0 Å². The molecule has 0 amide bonds. The third kappa shape index (κ3) is 3.13. The van der Waals surface area contributed by atoms with Gasteiger partial charge in [0.25, 0.3) is 0 Å². The normalized spacial score (nSPS) is 10.9. The molecule has 0 saturated carbocycles. The second kappa shape index (κ2) is 5.25. The maximum absolute atomic E-state index is 4.32. The number of hydrogen-bond donors (Lipinski definition) is 1. The molecule has 0 bridgehead atoms. The van der Waals surface area contributed by atoms with E-state index in [2.05, 4.69) is 56.3 Å². The molecular formula is C15H21N3. The van der Waals surface area contributed by atoms with E-state index in [9.17, 15) is 0 Å². The minimum Gasteiger partial charge on any atom is -0.378 e. The second-order valence-electron chi connectivity index (χ2n) is 5.15. The fourth-order valence-corrected chi connectivity index (χ4v) is 2.09. The fraction of sp³-hybridized carbons (Fsp3) is 0.400. The predicted octanol–water partition coefficient (Wildman–Crippen LogP) is 3.69. The van der Waals surface area contributed by atoms with Crippen molar-refractivity contribution in [2.24, 2.45) is 0 Å². The smallest absolute Gasteiger partial charge is 0.0729 e. The lowest BCUT2D eigenvalue weighted by Gasteiger charge is -2.07. The Bertz CT molecular complexity index is 506. The molecule has 2 aromatic rings. The highest BCUT2D eigenvalue weighted by Crippen LogP contribution is 2.13. The first-order chi connectivity index (χ1) is 8.54. The molecule has 0 atom stereocenters. The molecule has 1 aromatic heterocycles. The van der Waals surface area contributed by atoms with E-state index in [0.717, 1.165) is 12.2 Å². The van der Waals surface area contributed by atoms with Crippen LogP contribution >= 0.6 is 0 Å². The highest BCUT2D eigenvalue weighted by atomic mass is 15.3. The molecular weight excluding hydrogens is 222 g/mol. The average molecular weight is 243 g/mol. The van der Waals surface area contributed by atoms with E-state index >= 15 is 0 Å². The molecule has 0 radical (unpaired) electrons. The number of nitrogens with one attached hydrogen (secondary N) is 1. The first-order valence-electron chi connectivity index (χ1n) is 6.40. The van der Waals surface area contributed by atoms with E-state index in [-0.39, 0.29) is 0 Å². The number of anilines is 1. The van der Waals surface area contributed by atoms with Crippen LogP contribution in [-0.2, 0) is 6.54 Å². The van der Waals surface area contributed by atoms with Crippen molar-refractivity contribution in [1.82, 2.24) is 9.78 Å². The van der Waals surface area contributed by atoms with Gasteiger partial charge in [-0.3, -0.25) is 4.68 Å². The Balaban J connectivity index is 2.02. The molecule has 0 spiro atoms. The van der Waals surface area contributed by atoms with E-state index in [1.165, 1.54) is 16.7 Å². The number of aromatic nitrogens is 2. The van der Waals surface area contributed by atoms with E-state index < -0.39 is 0 Å². The standard InChI is InChI=1S/C15H21N3/c1-11(2)18-10-15(9-17-18)16-8-14-6-12(3)5-13(4)7-14/h5-7,9-11,16H,8H2,1-4H3. The highest BCUT2D eigenvalue weighted by Gasteiger charge is 2.01. The quantitative estimate of drug-likeness (QED) is 0.887. The molecule has 0 fully saturated rings. The maximum Gasteiger partial charge on any atom is 0.0729 e. The third-order valence-corrected chi connectivity index (χ3v) is 2.91.